The Labute approximate surface area is 347 Å². The molecule has 5 aliphatic rings. The van der Waals surface area contributed by atoms with E-state index in [1.54, 1.807) is 0 Å². The van der Waals surface area contributed by atoms with Crippen molar-refractivity contribution in [1.29, 1.82) is 0 Å². The van der Waals surface area contributed by atoms with Gasteiger partial charge < -0.3 is 13.9 Å². The van der Waals surface area contributed by atoms with Gasteiger partial charge >= 0.3 is 0 Å². The number of thiophene rings is 1. The quantitative estimate of drug-likeness (QED) is 0.168. The maximum absolute atomic E-state index is 6.76. The summed E-state index contributed by atoms with van der Waals surface area (Å²) in [6.45, 7) is 0. The van der Waals surface area contributed by atoms with Crippen LogP contribution >= 0.6 is 11.3 Å². The highest BCUT2D eigenvalue weighted by molar-refractivity contribution is 7.25. The van der Waals surface area contributed by atoms with Gasteiger partial charge in [0.05, 0.1) is 17.1 Å². The molecule has 4 heteroatoms. The number of anilines is 1. The van der Waals surface area contributed by atoms with Crippen molar-refractivity contribution < 1.29 is 4.42 Å². The van der Waals surface area contributed by atoms with Crippen molar-refractivity contribution in [2.75, 3.05) is 4.90 Å². The fraction of sp³-hybridized carbons (Fsp3) is 0.164. The lowest BCUT2D eigenvalue weighted by molar-refractivity contribution is 0.459. The predicted molar refractivity (Wildman–Crippen MR) is 248 cm³/mol. The van der Waals surface area contributed by atoms with E-state index in [4.69, 9.17) is 4.42 Å². The van der Waals surface area contributed by atoms with E-state index in [0.717, 1.165) is 53.3 Å². The van der Waals surface area contributed by atoms with E-state index in [-0.39, 0.29) is 11.5 Å². The third-order valence-electron chi connectivity index (χ3n) is 13.9. The summed E-state index contributed by atoms with van der Waals surface area (Å²) in [4.78, 5) is 2.58. The molecular formula is C55H42N2OS. The van der Waals surface area contributed by atoms with E-state index < -0.39 is 0 Å². The molecular weight excluding hydrogens is 737 g/mol. The van der Waals surface area contributed by atoms with Gasteiger partial charge in [0.1, 0.15) is 5.58 Å². The first-order chi connectivity index (χ1) is 29.2. The molecule has 1 saturated carbocycles. The van der Waals surface area contributed by atoms with Gasteiger partial charge in [-0.25, -0.2) is 0 Å². The summed E-state index contributed by atoms with van der Waals surface area (Å²) in [6, 6.07) is 42.0. The molecule has 5 aliphatic carbocycles. The minimum Gasteiger partial charge on any atom is -0.454 e. The van der Waals surface area contributed by atoms with Crippen LogP contribution in [0.3, 0.4) is 0 Å². The van der Waals surface area contributed by atoms with Gasteiger partial charge in [-0.05, 0) is 120 Å². The largest absolute Gasteiger partial charge is 0.454 e. The zero-order valence-electron chi connectivity index (χ0n) is 32.7. The average Bonchev–Trinajstić information content (AvgIpc) is 3.54. The van der Waals surface area contributed by atoms with Crippen molar-refractivity contribution in [3.8, 4) is 5.69 Å². The molecule has 5 aromatic carbocycles. The molecule has 0 N–H and O–H groups in total. The normalized spacial score (nSPS) is 22.7. The number of furan rings is 1. The van der Waals surface area contributed by atoms with Gasteiger partial charge in [-0.15, -0.1) is 11.3 Å². The highest BCUT2D eigenvalue weighted by atomic mass is 32.1. The summed E-state index contributed by atoms with van der Waals surface area (Å²) in [7, 11) is 0. The molecule has 3 nitrogen and oxygen atoms in total. The lowest BCUT2D eigenvalue weighted by atomic mass is 9.79. The van der Waals surface area contributed by atoms with Crippen molar-refractivity contribution in [3.05, 3.63) is 191 Å². The van der Waals surface area contributed by atoms with Crippen molar-refractivity contribution in [3.63, 3.8) is 0 Å². The molecule has 59 heavy (non-hydrogen) atoms. The fourth-order valence-electron chi connectivity index (χ4n) is 11.0. The number of fused-ring (bicyclic) bond motifs is 10. The molecule has 1 fully saturated rings. The maximum atomic E-state index is 6.76. The predicted octanol–water partition coefficient (Wildman–Crippen LogP) is 12.7. The molecule has 3 aromatic heterocycles. The average molecular weight is 779 g/mol. The lowest BCUT2D eigenvalue weighted by Crippen LogP contribution is -2.37. The molecule has 3 heterocycles. The van der Waals surface area contributed by atoms with Gasteiger partial charge in [-0.3, -0.25) is 0 Å². The number of rotatable bonds is 6. The Bertz CT molecular complexity index is 3350. The first-order valence-electron chi connectivity index (χ1n) is 21.3. The molecule has 0 amide bonds. The van der Waals surface area contributed by atoms with E-state index in [9.17, 15) is 0 Å². The fourth-order valence-corrected chi connectivity index (χ4v) is 12.1. The van der Waals surface area contributed by atoms with Gasteiger partial charge in [0, 0.05) is 53.4 Å². The number of aromatic nitrogens is 1. The first kappa shape index (κ1) is 33.6. The Balaban J connectivity index is 0.918. The van der Waals surface area contributed by atoms with E-state index in [1.165, 1.54) is 70.9 Å². The standard InChI is InChI=1S/C55H42N2OS/c1-2-13-39(14-3-1)57-48-20-7-4-16-42(48)46-32-38-33-55(38,34-50(46)57)37-12-10-15-41(31-37)56(49-21-11-19-45-43-17-5-8-22-51(43)58-54(45)49)40-27-24-35(25-28-40)36-26-29-53-47(30-36)44-18-6-9-23-52(44)59-53/h1-3,5-11,13-15,17-27,29-32,34,37-38,40H,4,12,16,28,33H2/t37?,38-,40?,55?/m0/s1. The number of hydrogen-bond acceptors (Lipinski definition) is 3. The number of para-hydroxylation sites is 3. The molecule has 8 aromatic rings. The number of nitrogens with zero attached hydrogens (tertiary/aromatic N) is 2. The molecule has 0 aliphatic heterocycles. The molecule has 13 rings (SSSR count). The lowest BCUT2D eigenvalue weighted by Gasteiger charge is -2.36. The second-order valence-corrected chi connectivity index (χ2v) is 18.2. The molecule has 3 unspecified atom stereocenters. The maximum Gasteiger partial charge on any atom is 0.159 e. The smallest absolute Gasteiger partial charge is 0.159 e. The monoisotopic (exact) mass is 778 g/mol. The van der Waals surface area contributed by atoms with E-state index in [2.05, 4.69) is 185 Å². The topological polar surface area (TPSA) is 21.3 Å². The van der Waals surface area contributed by atoms with E-state index in [1.807, 2.05) is 11.3 Å². The van der Waals surface area contributed by atoms with E-state index >= 15 is 0 Å². The molecule has 0 spiro atoms. The Kier molecular flexibility index (Phi) is 7.30. The molecule has 284 valence electrons. The van der Waals surface area contributed by atoms with Crippen LogP contribution < -0.4 is 15.5 Å². The third-order valence-corrected chi connectivity index (χ3v) is 15.1. The van der Waals surface area contributed by atoms with Crippen LogP contribution in [0.1, 0.15) is 42.5 Å². The zero-order chi connectivity index (χ0) is 38.7. The summed E-state index contributed by atoms with van der Waals surface area (Å²) < 4.78 is 12.0. The number of allylic oxidation sites excluding steroid dienone is 6. The zero-order valence-corrected chi connectivity index (χ0v) is 33.5. The minimum atomic E-state index is 0.0944. The van der Waals surface area contributed by atoms with Crippen LogP contribution in [-0.2, 0) is 6.42 Å². The van der Waals surface area contributed by atoms with Gasteiger partial charge in [0.15, 0.2) is 5.58 Å². The van der Waals surface area contributed by atoms with Gasteiger partial charge in [0.2, 0.25) is 0 Å². The summed E-state index contributed by atoms with van der Waals surface area (Å²) in [5.41, 5.74) is 11.1. The number of benzene rings is 5. The van der Waals surface area contributed by atoms with Crippen LogP contribution in [0.5, 0.6) is 0 Å². The third kappa shape index (κ3) is 5.12. The van der Waals surface area contributed by atoms with Gasteiger partial charge in [-0.1, -0.05) is 121 Å². The van der Waals surface area contributed by atoms with Crippen LogP contribution in [-0.4, -0.2) is 10.6 Å². The highest BCUT2D eigenvalue weighted by Crippen LogP contribution is 2.63. The summed E-state index contributed by atoms with van der Waals surface area (Å²) in [6.07, 6.45) is 30.1. The van der Waals surface area contributed by atoms with Gasteiger partial charge in [0.25, 0.3) is 0 Å². The van der Waals surface area contributed by atoms with Crippen LogP contribution in [0.2, 0.25) is 0 Å². The Morgan fingerprint density at radius 2 is 1.56 bits per heavy atom. The second-order valence-electron chi connectivity index (χ2n) is 17.1. The van der Waals surface area contributed by atoms with Crippen LogP contribution in [0, 0.1) is 17.3 Å². The summed E-state index contributed by atoms with van der Waals surface area (Å²) >= 11 is 1.88. The highest BCUT2D eigenvalue weighted by Gasteiger charge is 2.57. The Morgan fingerprint density at radius 1 is 0.712 bits per heavy atom. The molecule has 0 radical (unpaired) electrons. The SMILES string of the molecule is C1=Cc2c(c3c(n2-c2ccccc2)=CC2(C4C=C(N(c5cccc6c5oc5ccccc56)C5C=CC(c6ccc7sc8ccccc8c7c6)=CC5)C=CC4)C[C@@H]2C=3)CC1. The Morgan fingerprint density at radius 3 is 2.47 bits per heavy atom. The van der Waals surface area contributed by atoms with Crippen molar-refractivity contribution >= 4 is 82.9 Å². The van der Waals surface area contributed by atoms with Crippen LogP contribution in [0.25, 0.3) is 71.6 Å². The minimum absolute atomic E-state index is 0.0944. The number of hydrogen-bond donors (Lipinski definition) is 0. The van der Waals surface area contributed by atoms with Gasteiger partial charge in [-0.2, -0.15) is 0 Å². The van der Waals surface area contributed by atoms with Crippen LogP contribution in [0.15, 0.2) is 168 Å². The first-order valence-corrected chi connectivity index (χ1v) is 22.1. The van der Waals surface area contributed by atoms with E-state index in [0.29, 0.717) is 11.8 Å². The van der Waals surface area contributed by atoms with Crippen LogP contribution in [0.4, 0.5) is 5.69 Å². The molecule has 0 saturated heterocycles. The second kappa shape index (κ2) is 12.8. The van der Waals surface area contributed by atoms with Crippen molar-refractivity contribution in [2.45, 2.75) is 38.1 Å². The van der Waals surface area contributed by atoms with Crippen molar-refractivity contribution in [2.24, 2.45) is 17.3 Å². The summed E-state index contributed by atoms with van der Waals surface area (Å²) in [5.74, 6) is 0.933. The van der Waals surface area contributed by atoms with Crippen molar-refractivity contribution in [1.82, 2.24) is 4.57 Å². The molecule has 0 bridgehead atoms. The molecule has 4 atom stereocenters. The summed E-state index contributed by atoms with van der Waals surface area (Å²) in [5, 5.41) is 7.87. The Hall–Kier alpha value is -6.36.